The maximum atomic E-state index is 13.4. The molecule has 1 aliphatic rings. The summed E-state index contributed by atoms with van der Waals surface area (Å²) >= 11 is 0. The van der Waals surface area contributed by atoms with Crippen LogP contribution in [0.2, 0.25) is 0 Å². The van der Waals surface area contributed by atoms with Gasteiger partial charge in [-0.1, -0.05) is 13.8 Å². The van der Waals surface area contributed by atoms with Gasteiger partial charge in [0.05, 0.1) is 6.20 Å². The van der Waals surface area contributed by atoms with E-state index in [4.69, 9.17) is 0 Å². The zero-order chi connectivity index (χ0) is 14.4. The first kappa shape index (κ1) is 15.2. The molecule has 1 N–H and O–H groups in total. The number of pyridine rings is 1. The third-order valence-electron chi connectivity index (χ3n) is 3.69. The fourth-order valence-corrected chi connectivity index (χ4v) is 2.65. The van der Waals surface area contributed by atoms with Crippen molar-refractivity contribution in [2.75, 3.05) is 44.2 Å². The van der Waals surface area contributed by atoms with E-state index in [2.05, 4.69) is 33.9 Å². The van der Waals surface area contributed by atoms with Crippen molar-refractivity contribution in [1.29, 1.82) is 0 Å². The smallest absolute Gasteiger partial charge is 0.141 e. The number of rotatable bonds is 6. The minimum Gasteiger partial charge on any atom is -0.354 e. The molecule has 112 valence electrons. The van der Waals surface area contributed by atoms with Crippen LogP contribution >= 0.6 is 0 Å². The molecule has 5 heteroatoms. The van der Waals surface area contributed by atoms with Gasteiger partial charge < -0.3 is 10.2 Å². The summed E-state index contributed by atoms with van der Waals surface area (Å²) in [6, 6.07) is 1.60. The Balaban J connectivity index is 2.04. The van der Waals surface area contributed by atoms with Gasteiger partial charge in [0.25, 0.3) is 0 Å². The average Bonchev–Trinajstić information content (AvgIpc) is 2.47. The van der Waals surface area contributed by atoms with Crippen LogP contribution in [0.3, 0.4) is 0 Å². The number of piperazine rings is 1. The summed E-state index contributed by atoms with van der Waals surface area (Å²) < 4.78 is 13.4. The molecule has 20 heavy (non-hydrogen) atoms. The van der Waals surface area contributed by atoms with E-state index >= 15 is 0 Å². The Bertz CT molecular complexity index is 416. The van der Waals surface area contributed by atoms with Crippen molar-refractivity contribution < 1.29 is 4.39 Å². The second kappa shape index (κ2) is 7.55. The Labute approximate surface area is 121 Å². The zero-order valence-electron chi connectivity index (χ0n) is 12.5. The number of halogens is 1. The molecule has 0 atom stereocenters. The summed E-state index contributed by atoms with van der Waals surface area (Å²) in [7, 11) is 0. The fourth-order valence-electron chi connectivity index (χ4n) is 2.65. The highest BCUT2D eigenvalue weighted by Crippen LogP contribution is 2.20. The third kappa shape index (κ3) is 3.90. The molecule has 0 saturated carbocycles. The number of nitrogens with one attached hydrogen (secondary N) is 1. The molecule has 1 fully saturated rings. The highest BCUT2D eigenvalue weighted by atomic mass is 19.1. The quantitative estimate of drug-likeness (QED) is 0.862. The van der Waals surface area contributed by atoms with Crippen LogP contribution in [-0.2, 0) is 6.54 Å². The number of hydrogen-bond acceptors (Lipinski definition) is 4. The maximum absolute atomic E-state index is 13.4. The minimum absolute atomic E-state index is 0.258. The molecule has 0 unspecified atom stereocenters. The van der Waals surface area contributed by atoms with Crippen LogP contribution in [0.4, 0.5) is 10.2 Å². The molecule has 0 aromatic carbocycles. The van der Waals surface area contributed by atoms with Gasteiger partial charge in [-0.05, 0) is 25.6 Å². The van der Waals surface area contributed by atoms with Crippen molar-refractivity contribution in [3.8, 4) is 0 Å². The van der Waals surface area contributed by atoms with Gasteiger partial charge in [-0.3, -0.25) is 4.90 Å². The standard InChI is InChI=1S/C15H25FN4/c1-3-5-19-6-8-20(9-7-19)15-13(11-17-4-2)10-14(16)12-18-15/h10,12,17H,3-9,11H2,1-2H3. The van der Waals surface area contributed by atoms with Crippen LogP contribution in [0.1, 0.15) is 25.8 Å². The van der Waals surface area contributed by atoms with Gasteiger partial charge in [-0.25, -0.2) is 9.37 Å². The predicted molar refractivity (Wildman–Crippen MR) is 80.5 cm³/mol. The lowest BCUT2D eigenvalue weighted by atomic mass is 10.2. The number of nitrogens with zero attached hydrogens (tertiary/aromatic N) is 3. The topological polar surface area (TPSA) is 31.4 Å². The molecule has 1 aromatic rings. The van der Waals surface area contributed by atoms with E-state index in [1.54, 1.807) is 6.07 Å². The molecule has 4 nitrogen and oxygen atoms in total. The van der Waals surface area contributed by atoms with E-state index in [9.17, 15) is 4.39 Å². The van der Waals surface area contributed by atoms with E-state index in [0.717, 1.165) is 50.6 Å². The van der Waals surface area contributed by atoms with E-state index in [0.29, 0.717) is 6.54 Å². The van der Waals surface area contributed by atoms with Crippen LogP contribution < -0.4 is 10.2 Å². The van der Waals surface area contributed by atoms with Gasteiger partial charge in [-0.15, -0.1) is 0 Å². The maximum Gasteiger partial charge on any atom is 0.141 e. The molecule has 1 aromatic heterocycles. The Kier molecular flexibility index (Phi) is 5.73. The lowest BCUT2D eigenvalue weighted by Crippen LogP contribution is -2.47. The summed E-state index contributed by atoms with van der Waals surface area (Å²) in [5.41, 5.74) is 0.954. The first-order valence-electron chi connectivity index (χ1n) is 7.57. The molecular weight excluding hydrogens is 255 g/mol. The van der Waals surface area contributed by atoms with Crippen LogP contribution in [0.15, 0.2) is 12.3 Å². The van der Waals surface area contributed by atoms with Crippen molar-refractivity contribution in [2.45, 2.75) is 26.8 Å². The van der Waals surface area contributed by atoms with Gasteiger partial charge in [0, 0.05) is 38.3 Å². The van der Waals surface area contributed by atoms with Crippen LogP contribution in [-0.4, -0.2) is 49.2 Å². The van der Waals surface area contributed by atoms with Gasteiger partial charge in [0.1, 0.15) is 11.6 Å². The van der Waals surface area contributed by atoms with E-state index in [-0.39, 0.29) is 5.82 Å². The van der Waals surface area contributed by atoms with Gasteiger partial charge >= 0.3 is 0 Å². The minimum atomic E-state index is -0.258. The number of anilines is 1. The summed E-state index contributed by atoms with van der Waals surface area (Å²) in [6.45, 7) is 11.0. The molecule has 0 bridgehead atoms. The largest absolute Gasteiger partial charge is 0.354 e. The first-order chi connectivity index (χ1) is 9.74. The van der Waals surface area contributed by atoms with Crippen molar-refractivity contribution in [3.05, 3.63) is 23.6 Å². The van der Waals surface area contributed by atoms with Gasteiger partial charge in [0.15, 0.2) is 0 Å². The average molecular weight is 280 g/mol. The molecule has 1 aliphatic heterocycles. The van der Waals surface area contributed by atoms with Crippen molar-refractivity contribution in [2.24, 2.45) is 0 Å². The van der Waals surface area contributed by atoms with E-state index < -0.39 is 0 Å². The van der Waals surface area contributed by atoms with Crippen molar-refractivity contribution in [1.82, 2.24) is 15.2 Å². The highest BCUT2D eigenvalue weighted by molar-refractivity contribution is 5.47. The second-order valence-electron chi connectivity index (χ2n) is 5.25. The molecule has 0 spiro atoms. The lowest BCUT2D eigenvalue weighted by Gasteiger charge is -2.36. The highest BCUT2D eigenvalue weighted by Gasteiger charge is 2.19. The predicted octanol–water partition coefficient (Wildman–Crippen LogP) is 1.86. The van der Waals surface area contributed by atoms with Crippen LogP contribution in [0, 0.1) is 5.82 Å². The van der Waals surface area contributed by atoms with Crippen LogP contribution in [0.25, 0.3) is 0 Å². The van der Waals surface area contributed by atoms with Gasteiger partial charge in [0.2, 0.25) is 0 Å². The summed E-state index contributed by atoms with van der Waals surface area (Å²) in [5, 5.41) is 3.26. The van der Waals surface area contributed by atoms with Crippen molar-refractivity contribution >= 4 is 5.82 Å². The number of hydrogen-bond donors (Lipinski definition) is 1. The van der Waals surface area contributed by atoms with E-state index in [1.165, 1.54) is 12.6 Å². The molecule has 1 saturated heterocycles. The van der Waals surface area contributed by atoms with Crippen molar-refractivity contribution in [3.63, 3.8) is 0 Å². The summed E-state index contributed by atoms with van der Waals surface area (Å²) in [6.07, 6.45) is 2.52. The second-order valence-corrected chi connectivity index (χ2v) is 5.25. The Morgan fingerprint density at radius 1 is 1.25 bits per heavy atom. The molecule has 2 rings (SSSR count). The molecule has 2 heterocycles. The first-order valence-corrected chi connectivity index (χ1v) is 7.57. The molecule has 0 amide bonds. The van der Waals surface area contributed by atoms with Crippen LogP contribution in [0.5, 0.6) is 0 Å². The molecule has 0 radical (unpaired) electrons. The molecular formula is C15H25FN4. The SMILES string of the molecule is CCCN1CCN(c2ncc(F)cc2CNCC)CC1. The number of aromatic nitrogens is 1. The van der Waals surface area contributed by atoms with E-state index in [1.807, 2.05) is 0 Å². The Morgan fingerprint density at radius 2 is 2.00 bits per heavy atom. The normalized spacial score (nSPS) is 16.6. The Morgan fingerprint density at radius 3 is 2.65 bits per heavy atom. The third-order valence-corrected chi connectivity index (χ3v) is 3.69. The monoisotopic (exact) mass is 280 g/mol. The summed E-state index contributed by atoms with van der Waals surface area (Å²) in [5.74, 6) is 0.676. The molecule has 0 aliphatic carbocycles. The summed E-state index contributed by atoms with van der Waals surface area (Å²) in [4.78, 5) is 9.07. The Hall–Kier alpha value is -1.20. The van der Waals surface area contributed by atoms with Gasteiger partial charge in [-0.2, -0.15) is 0 Å². The lowest BCUT2D eigenvalue weighted by molar-refractivity contribution is 0.257. The zero-order valence-corrected chi connectivity index (χ0v) is 12.5. The fraction of sp³-hybridized carbons (Fsp3) is 0.667.